The van der Waals surface area contributed by atoms with Crippen LogP contribution in [0.5, 0.6) is 11.5 Å². The quantitative estimate of drug-likeness (QED) is 0.184. The van der Waals surface area contributed by atoms with E-state index in [9.17, 15) is 5.11 Å². The van der Waals surface area contributed by atoms with Gasteiger partial charge in [-0.1, -0.05) is 64.3 Å². The van der Waals surface area contributed by atoms with E-state index < -0.39 is 0 Å². The van der Waals surface area contributed by atoms with Crippen molar-refractivity contribution < 1.29 is 19.3 Å². The van der Waals surface area contributed by atoms with E-state index in [0.717, 1.165) is 35.0 Å². The SMILES string of the molecule is C=C(CO)CCOc1cc(OCCOC)cc(-c2ccc(C3CCC(CCCCC)CC3)c(CC)c2)c1. The Bertz CT molecular complexity index is 959. The van der Waals surface area contributed by atoms with Crippen molar-refractivity contribution in [3.8, 4) is 22.6 Å². The van der Waals surface area contributed by atoms with E-state index in [4.69, 9.17) is 14.2 Å². The standard InChI is InChI=1S/C33H48O4/c1-5-7-8-9-26-10-12-28(13-11-26)33-15-14-29(20-27(33)6-2)30-21-31(36-17-16-25(3)24-34)23-32(22-30)37-19-18-35-4/h14-15,20-23,26,28,34H,3,5-13,16-19,24H2,1-2,4H3. The number of hydrogen-bond acceptors (Lipinski definition) is 4. The Morgan fingerprint density at radius 3 is 2.27 bits per heavy atom. The summed E-state index contributed by atoms with van der Waals surface area (Å²) in [5.74, 6) is 3.16. The van der Waals surface area contributed by atoms with Gasteiger partial charge in [-0.2, -0.15) is 0 Å². The minimum atomic E-state index is -0.0125. The number of aliphatic hydroxyl groups is 1. The van der Waals surface area contributed by atoms with Crippen LogP contribution in [-0.2, 0) is 11.2 Å². The summed E-state index contributed by atoms with van der Waals surface area (Å²) < 4.78 is 17.1. The summed E-state index contributed by atoms with van der Waals surface area (Å²) in [5.41, 5.74) is 6.05. The van der Waals surface area contributed by atoms with E-state index in [1.807, 2.05) is 6.07 Å². The first-order chi connectivity index (χ1) is 18.1. The third kappa shape index (κ3) is 9.19. The highest BCUT2D eigenvalue weighted by Crippen LogP contribution is 2.40. The van der Waals surface area contributed by atoms with Crippen LogP contribution in [0.2, 0.25) is 0 Å². The minimum Gasteiger partial charge on any atom is -0.493 e. The second-order valence-electron chi connectivity index (χ2n) is 10.5. The third-order valence-corrected chi connectivity index (χ3v) is 7.74. The Hall–Kier alpha value is -2.30. The van der Waals surface area contributed by atoms with Crippen molar-refractivity contribution in [3.63, 3.8) is 0 Å². The molecule has 1 aliphatic rings. The monoisotopic (exact) mass is 508 g/mol. The summed E-state index contributed by atoms with van der Waals surface area (Å²) in [6, 6.07) is 13.1. The van der Waals surface area contributed by atoms with E-state index in [2.05, 4.69) is 50.8 Å². The highest BCUT2D eigenvalue weighted by atomic mass is 16.5. The Kier molecular flexibility index (Phi) is 12.5. The Morgan fingerprint density at radius 2 is 1.62 bits per heavy atom. The van der Waals surface area contributed by atoms with Crippen LogP contribution in [-0.4, -0.2) is 38.6 Å². The maximum Gasteiger partial charge on any atom is 0.123 e. The van der Waals surface area contributed by atoms with Crippen LogP contribution in [0.15, 0.2) is 48.6 Å². The fourth-order valence-electron chi connectivity index (χ4n) is 5.48. The van der Waals surface area contributed by atoms with Gasteiger partial charge in [0.2, 0.25) is 0 Å². The number of unbranched alkanes of at least 4 members (excludes halogenated alkanes) is 2. The van der Waals surface area contributed by atoms with Crippen LogP contribution in [0.1, 0.15) is 88.7 Å². The highest BCUT2D eigenvalue weighted by molar-refractivity contribution is 5.68. The fraction of sp³-hybridized carbons (Fsp3) is 0.576. The molecule has 0 aliphatic heterocycles. The summed E-state index contributed by atoms with van der Waals surface area (Å²) in [4.78, 5) is 0. The van der Waals surface area contributed by atoms with Gasteiger partial charge in [0.15, 0.2) is 0 Å². The molecular formula is C33H48O4. The van der Waals surface area contributed by atoms with Crippen molar-refractivity contribution in [1.29, 1.82) is 0 Å². The molecule has 2 aromatic rings. The number of benzene rings is 2. The van der Waals surface area contributed by atoms with Crippen molar-refractivity contribution in [1.82, 2.24) is 0 Å². The molecule has 4 heteroatoms. The van der Waals surface area contributed by atoms with Crippen molar-refractivity contribution >= 4 is 0 Å². The molecule has 0 spiro atoms. The van der Waals surface area contributed by atoms with Crippen LogP contribution in [0.25, 0.3) is 11.1 Å². The van der Waals surface area contributed by atoms with Gasteiger partial charge < -0.3 is 19.3 Å². The molecule has 4 nitrogen and oxygen atoms in total. The molecule has 2 aromatic carbocycles. The van der Waals surface area contributed by atoms with Gasteiger partial charge in [-0.3, -0.25) is 0 Å². The molecular weight excluding hydrogens is 460 g/mol. The lowest BCUT2D eigenvalue weighted by Gasteiger charge is -2.30. The summed E-state index contributed by atoms with van der Waals surface area (Å²) in [6.45, 7) is 9.90. The van der Waals surface area contributed by atoms with E-state index in [1.165, 1.54) is 62.5 Å². The summed E-state index contributed by atoms with van der Waals surface area (Å²) in [5, 5.41) is 9.22. The Labute approximate surface area is 225 Å². The second kappa shape index (κ2) is 15.8. The molecule has 0 radical (unpaired) electrons. The predicted molar refractivity (Wildman–Crippen MR) is 154 cm³/mol. The van der Waals surface area contributed by atoms with E-state index >= 15 is 0 Å². The molecule has 3 rings (SSSR count). The van der Waals surface area contributed by atoms with Crippen molar-refractivity contribution in [2.45, 2.75) is 84.0 Å². The van der Waals surface area contributed by atoms with Crippen molar-refractivity contribution in [2.24, 2.45) is 5.92 Å². The molecule has 0 atom stereocenters. The molecule has 0 saturated heterocycles. The third-order valence-electron chi connectivity index (χ3n) is 7.74. The maximum absolute atomic E-state index is 9.22. The zero-order valence-corrected chi connectivity index (χ0v) is 23.4. The van der Waals surface area contributed by atoms with Gasteiger partial charge in [-0.05, 0) is 83.9 Å². The maximum atomic E-state index is 9.22. The lowest BCUT2D eigenvalue weighted by Crippen LogP contribution is -2.14. The number of aryl methyl sites for hydroxylation is 1. The molecule has 37 heavy (non-hydrogen) atoms. The number of hydrogen-bond donors (Lipinski definition) is 1. The molecule has 204 valence electrons. The number of ether oxygens (including phenoxy) is 3. The van der Waals surface area contributed by atoms with Gasteiger partial charge in [0.05, 0.1) is 19.8 Å². The molecule has 1 fully saturated rings. The van der Waals surface area contributed by atoms with E-state index in [-0.39, 0.29) is 6.61 Å². The zero-order chi connectivity index (χ0) is 26.5. The van der Waals surface area contributed by atoms with Gasteiger partial charge in [-0.25, -0.2) is 0 Å². The van der Waals surface area contributed by atoms with Gasteiger partial charge in [0, 0.05) is 19.6 Å². The number of aliphatic hydroxyl groups excluding tert-OH is 1. The lowest BCUT2D eigenvalue weighted by molar-refractivity contribution is 0.146. The van der Waals surface area contributed by atoms with Crippen LogP contribution in [0.4, 0.5) is 0 Å². The topological polar surface area (TPSA) is 47.9 Å². The largest absolute Gasteiger partial charge is 0.493 e. The average molecular weight is 509 g/mol. The van der Waals surface area contributed by atoms with Gasteiger partial charge >= 0.3 is 0 Å². The molecule has 0 bridgehead atoms. The number of rotatable bonds is 16. The van der Waals surface area contributed by atoms with E-state index in [1.54, 1.807) is 12.7 Å². The van der Waals surface area contributed by atoms with Gasteiger partial charge in [0.25, 0.3) is 0 Å². The lowest BCUT2D eigenvalue weighted by atomic mass is 9.75. The summed E-state index contributed by atoms with van der Waals surface area (Å²) >= 11 is 0. The molecule has 0 unspecified atom stereocenters. The molecule has 0 heterocycles. The molecule has 0 aromatic heterocycles. The molecule has 1 saturated carbocycles. The number of methoxy groups -OCH3 is 1. The fourth-order valence-corrected chi connectivity index (χ4v) is 5.48. The highest BCUT2D eigenvalue weighted by Gasteiger charge is 2.23. The first-order valence-corrected chi connectivity index (χ1v) is 14.4. The molecule has 1 N–H and O–H groups in total. The Balaban J connectivity index is 1.75. The first-order valence-electron chi connectivity index (χ1n) is 14.4. The van der Waals surface area contributed by atoms with Crippen molar-refractivity contribution in [2.75, 3.05) is 33.5 Å². The normalized spacial score (nSPS) is 17.5. The van der Waals surface area contributed by atoms with Crippen molar-refractivity contribution in [3.05, 3.63) is 59.7 Å². The zero-order valence-electron chi connectivity index (χ0n) is 23.4. The second-order valence-corrected chi connectivity index (χ2v) is 10.5. The smallest absolute Gasteiger partial charge is 0.123 e. The Morgan fingerprint density at radius 1 is 0.892 bits per heavy atom. The van der Waals surface area contributed by atoms with E-state index in [0.29, 0.717) is 32.2 Å². The average Bonchev–Trinajstić information content (AvgIpc) is 2.93. The summed E-state index contributed by atoms with van der Waals surface area (Å²) in [6.07, 6.45) is 12.6. The van der Waals surface area contributed by atoms with Crippen LogP contribution in [0.3, 0.4) is 0 Å². The predicted octanol–water partition coefficient (Wildman–Crippen LogP) is 8.11. The first kappa shape index (κ1) is 29.3. The van der Waals surface area contributed by atoms with Crippen LogP contribution >= 0.6 is 0 Å². The minimum absolute atomic E-state index is 0.0125. The molecule has 0 amide bonds. The van der Waals surface area contributed by atoms with Crippen LogP contribution in [0, 0.1) is 5.92 Å². The van der Waals surface area contributed by atoms with Gasteiger partial charge in [0.1, 0.15) is 18.1 Å². The van der Waals surface area contributed by atoms with Crippen LogP contribution < -0.4 is 9.47 Å². The van der Waals surface area contributed by atoms with Gasteiger partial charge in [-0.15, -0.1) is 0 Å². The summed E-state index contributed by atoms with van der Waals surface area (Å²) in [7, 11) is 1.68. The molecule has 1 aliphatic carbocycles.